The minimum absolute atomic E-state index is 0.174. The van der Waals surface area contributed by atoms with Crippen molar-refractivity contribution in [2.24, 2.45) is 0 Å². The van der Waals surface area contributed by atoms with Crippen LogP contribution in [0, 0.1) is 5.82 Å². The van der Waals surface area contributed by atoms with Crippen LogP contribution in [0.4, 0.5) is 4.39 Å². The molecule has 1 aromatic rings. The SMILES string of the molecule is CCc1ccc(C(=O)N(C)C)cc1F. The van der Waals surface area contributed by atoms with Crippen LogP contribution < -0.4 is 0 Å². The fourth-order valence-electron chi connectivity index (χ4n) is 1.23. The third-order valence-electron chi connectivity index (χ3n) is 2.09. The largest absolute Gasteiger partial charge is 0.345 e. The second-order valence-electron chi connectivity index (χ2n) is 3.36. The van der Waals surface area contributed by atoms with E-state index >= 15 is 0 Å². The number of aryl methyl sites for hydroxylation is 1. The zero-order valence-electron chi connectivity index (χ0n) is 8.67. The zero-order valence-corrected chi connectivity index (χ0v) is 8.67. The molecule has 0 aliphatic rings. The van der Waals surface area contributed by atoms with Crippen molar-refractivity contribution in [3.63, 3.8) is 0 Å². The molecule has 3 heteroatoms. The van der Waals surface area contributed by atoms with Crippen LogP contribution in [0.2, 0.25) is 0 Å². The predicted molar refractivity (Wildman–Crippen MR) is 53.8 cm³/mol. The second kappa shape index (κ2) is 4.22. The lowest BCUT2D eigenvalue weighted by Crippen LogP contribution is -2.21. The molecule has 0 unspecified atom stereocenters. The molecular weight excluding hydrogens is 181 g/mol. The van der Waals surface area contributed by atoms with Crippen molar-refractivity contribution in [3.8, 4) is 0 Å². The van der Waals surface area contributed by atoms with Crippen molar-refractivity contribution in [1.82, 2.24) is 4.90 Å². The predicted octanol–water partition coefficient (Wildman–Crippen LogP) is 2.09. The van der Waals surface area contributed by atoms with Gasteiger partial charge >= 0.3 is 0 Å². The van der Waals surface area contributed by atoms with Gasteiger partial charge in [-0.15, -0.1) is 0 Å². The number of hydrogen-bond donors (Lipinski definition) is 0. The summed E-state index contributed by atoms with van der Waals surface area (Å²) in [5.41, 5.74) is 1.03. The molecule has 1 amide bonds. The maximum absolute atomic E-state index is 13.3. The molecule has 0 atom stereocenters. The first-order valence-corrected chi connectivity index (χ1v) is 4.56. The quantitative estimate of drug-likeness (QED) is 0.707. The van der Waals surface area contributed by atoms with Gasteiger partial charge in [0.15, 0.2) is 0 Å². The number of amides is 1. The molecular formula is C11H14FNO. The third-order valence-corrected chi connectivity index (χ3v) is 2.09. The van der Waals surface area contributed by atoms with Crippen LogP contribution in [0.5, 0.6) is 0 Å². The van der Waals surface area contributed by atoms with Gasteiger partial charge < -0.3 is 4.90 Å². The molecule has 0 aromatic heterocycles. The van der Waals surface area contributed by atoms with Gasteiger partial charge in [-0.1, -0.05) is 13.0 Å². The Bertz CT molecular complexity index is 347. The van der Waals surface area contributed by atoms with Gasteiger partial charge in [0.1, 0.15) is 5.82 Å². The summed E-state index contributed by atoms with van der Waals surface area (Å²) >= 11 is 0. The summed E-state index contributed by atoms with van der Waals surface area (Å²) in [4.78, 5) is 12.9. The Morgan fingerprint density at radius 1 is 1.43 bits per heavy atom. The standard InChI is InChI=1S/C11H14FNO/c1-4-8-5-6-9(7-10(8)12)11(14)13(2)3/h5-7H,4H2,1-3H3. The topological polar surface area (TPSA) is 20.3 Å². The normalized spacial score (nSPS) is 10.0. The maximum Gasteiger partial charge on any atom is 0.253 e. The van der Waals surface area contributed by atoms with Gasteiger partial charge in [0.05, 0.1) is 0 Å². The lowest BCUT2D eigenvalue weighted by atomic mass is 10.1. The van der Waals surface area contributed by atoms with E-state index < -0.39 is 0 Å². The first kappa shape index (κ1) is 10.7. The number of carbonyl (C=O) groups is 1. The number of halogens is 1. The highest BCUT2D eigenvalue weighted by Gasteiger charge is 2.10. The van der Waals surface area contributed by atoms with Crippen LogP contribution >= 0.6 is 0 Å². The van der Waals surface area contributed by atoms with Crippen LogP contribution in [0.1, 0.15) is 22.8 Å². The Balaban J connectivity index is 3.03. The minimum Gasteiger partial charge on any atom is -0.345 e. The Labute approximate surface area is 83.3 Å². The van der Waals surface area contributed by atoms with E-state index in [0.29, 0.717) is 17.5 Å². The van der Waals surface area contributed by atoms with Crippen LogP contribution in [-0.4, -0.2) is 24.9 Å². The van der Waals surface area contributed by atoms with E-state index in [2.05, 4.69) is 0 Å². The monoisotopic (exact) mass is 195 g/mol. The van der Waals surface area contributed by atoms with Crippen molar-refractivity contribution >= 4 is 5.91 Å². The summed E-state index contributed by atoms with van der Waals surface area (Å²) in [7, 11) is 3.29. The molecule has 0 bridgehead atoms. The molecule has 0 aliphatic carbocycles. The van der Waals surface area contributed by atoms with Crippen LogP contribution in [-0.2, 0) is 6.42 Å². The summed E-state index contributed by atoms with van der Waals surface area (Å²) in [6.45, 7) is 1.88. The summed E-state index contributed by atoms with van der Waals surface area (Å²) in [5.74, 6) is -0.480. The third kappa shape index (κ3) is 2.10. The highest BCUT2D eigenvalue weighted by molar-refractivity contribution is 5.93. The fraction of sp³-hybridized carbons (Fsp3) is 0.364. The average molecular weight is 195 g/mol. The van der Waals surface area contributed by atoms with Crippen LogP contribution in [0.15, 0.2) is 18.2 Å². The van der Waals surface area contributed by atoms with E-state index in [0.717, 1.165) is 0 Å². The zero-order chi connectivity index (χ0) is 10.7. The smallest absolute Gasteiger partial charge is 0.253 e. The van der Waals surface area contributed by atoms with E-state index in [4.69, 9.17) is 0 Å². The molecule has 0 fully saturated rings. The molecule has 76 valence electrons. The Kier molecular flexibility index (Phi) is 3.23. The molecule has 2 nitrogen and oxygen atoms in total. The molecule has 14 heavy (non-hydrogen) atoms. The maximum atomic E-state index is 13.3. The van der Waals surface area contributed by atoms with Gasteiger partial charge in [0.2, 0.25) is 0 Å². The van der Waals surface area contributed by atoms with Gasteiger partial charge in [0.25, 0.3) is 5.91 Å². The van der Waals surface area contributed by atoms with E-state index in [1.807, 2.05) is 6.92 Å². The van der Waals surface area contributed by atoms with Gasteiger partial charge in [-0.2, -0.15) is 0 Å². The Morgan fingerprint density at radius 2 is 2.07 bits per heavy atom. The summed E-state index contributed by atoms with van der Waals surface area (Å²) < 4.78 is 13.3. The molecule has 0 saturated carbocycles. The lowest BCUT2D eigenvalue weighted by Gasteiger charge is -2.10. The van der Waals surface area contributed by atoms with E-state index in [1.54, 1.807) is 26.2 Å². The molecule has 1 rings (SSSR count). The van der Waals surface area contributed by atoms with Crippen LogP contribution in [0.25, 0.3) is 0 Å². The highest BCUT2D eigenvalue weighted by Crippen LogP contribution is 2.12. The molecule has 0 N–H and O–H groups in total. The molecule has 0 aliphatic heterocycles. The van der Waals surface area contributed by atoms with Gasteiger partial charge in [-0.05, 0) is 24.1 Å². The fourth-order valence-corrected chi connectivity index (χ4v) is 1.23. The molecule has 0 radical (unpaired) electrons. The van der Waals surface area contributed by atoms with Gasteiger partial charge in [-0.25, -0.2) is 4.39 Å². The summed E-state index contributed by atoms with van der Waals surface area (Å²) in [6, 6.07) is 4.61. The van der Waals surface area contributed by atoms with Crippen molar-refractivity contribution in [2.75, 3.05) is 14.1 Å². The molecule has 0 spiro atoms. The highest BCUT2D eigenvalue weighted by atomic mass is 19.1. The number of nitrogens with zero attached hydrogens (tertiary/aromatic N) is 1. The summed E-state index contributed by atoms with van der Waals surface area (Å²) in [6.07, 6.45) is 0.641. The number of rotatable bonds is 2. The number of benzene rings is 1. The first-order valence-electron chi connectivity index (χ1n) is 4.56. The Hall–Kier alpha value is -1.38. The Morgan fingerprint density at radius 3 is 2.50 bits per heavy atom. The number of carbonyl (C=O) groups excluding carboxylic acids is 1. The van der Waals surface area contributed by atoms with Gasteiger partial charge in [-0.3, -0.25) is 4.79 Å². The van der Waals surface area contributed by atoms with Crippen LogP contribution in [0.3, 0.4) is 0 Å². The first-order chi connectivity index (χ1) is 6.56. The average Bonchev–Trinajstić information content (AvgIpc) is 2.16. The van der Waals surface area contributed by atoms with E-state index in [1.165, 1.54) is 11.0 Å². The lowest BCUT2D eigenvalue weighted by molar-refractivity contribution is 0.0827. The molecule has 0 saturated heterocycles. The number of hydrogen-bond acceptors (Lipinski definition) is 1. The van der Waals surface area contributed by atoms with Crippen molar-refractivity contribution < 1.29 is 9.18 Å². The summed E-state index contributed by atoms with van der Waals surface area (Å²) in [5, 5.41) is 0. The van der Waals surface area contributed by atoms with Crippen molar-refractivity contribution in [1.29, 1.82) is 0 Å². The van der Waals surface area contributed by atoms with Crippen molar-refractivity contribution in [2.45, 2.75) is 13.3 Å². The van der Waals surface area contributed by atoms with Gasteiger partial charge in [0, 0.05) is 19.7 Å². The molecule has 0 heterocycles. The second-order valence-corrected chi connectivity index (χ2v) is 3.36. The van der Waals surface area contributed by atoms with E-state index in [9.17, 15) is 9.18 Å². The van der Waals surface area contributed by atoms with Crippen molar-refractivity contribution in [3.05, 3.63) is 35.1 Å². The molecule has 1 aromatic carbocycles. The van der Waals surface area contributed by atoms with E-state index in [-0.39, 0.29) is 11.7 Å². The minimum atomic E-state index is -0.305.